The molecule has 2 aromatic rings. The Labute approximate surface area is 123 Å². The predicted octanol–water partition coefficient (Wildman–Crippen LogP) is 2.33. The second kappa shape index (κ2) is 7.38. The molecule has 0 saturated carbocycles. The Morgan fingerprint density at radius 3 is 2.52 bits per heavy atom. The molecule has 0 saturated heterocycles. The van der Waals surface area contributed by atoms with Gasteiger partial charge in [0.2, 0.25) is 5.91 Å². The zero-order valence-electron chi connectivity index (χ0n) is 11.9. The van der Waals surface area contributed by atoms with Crippen LogP contribution in [0.25, 0.3) is 0 Å². The first-order valence-electron chi connectivity index (χ1n) is 6.77. The molecule has 0 aliphatic carbocycles. The number of aromatic nitrogens is 1. The van der Waals surface area contributed by atoms with E-state index in [2.05, 4.69) is 10.3 Å². The van der Waals surface area contributed by atoms with Crippen molar-refractivity contribution in [2.45, 2.75) is 6.42 Å². The van der Waals surface area contributed by atoms with Gasteiger partial charge in [-0.25, -0.2) is 4.39 Å². The van der Waals surface area contributed by atoms with Crippen LogP contribution in [-0.2, 0) is 11.2 Å². The van der Waals surface area contributed by atoms with E-state index in [9.17, 15) is 9.18 Å². The van der Waals surface area contributed by atoms with Crippen molar-refractivity contribution >= 4 is 11.6 Å². The largest absolute Gasteiger partial charge is 0.376 e. The molecule has 1 aromatic carbocycles. The Kier molecular flexibility index (Phi) is 5.26. The van der Waals surface area contributed by atoms with E-state index >= 15 is 0 Å². The number of pyridine rings is 1. The lowest BCUT2D eigenvalue weighted by Crippen LogP contribution is -2.33. The van der Waals surface area contributed by atoms with Crippen LogP contribution in [-0.4, -0.2) is 35.9 Å². The number of benzene rings is 1. The summed E-state index contributed by atoms with van der Waals surface area (Å²) in [5.41, 5.74) is 1.88. The maximum atomic E-state index is 12.8. The monoisotopic (exact) mass is 287 g/mol. The summed E-state index contributed by atoms with van der Waals surface area (Å²) < 4.78 is 12.8. The third-order valence-corrected chi connectivity index (χ3v) is 3.20. The number of carbonyl (C=O) groups excluding carboxylic acids is 1. The molecule has 0 unspecified atom stereocenters. The summed E-state index contributed by atoms with van der Waals surface area (Å²) in [6.45, 7) is 0.840. The van der Waals surface area contributed by atoms with Gasteiger partial charge in [-0.05, 0) is 48.4 Å². The molecule has 21 heavy (non-hydrogen) atoms. The maximum Gasteiger partial charge on any atom is 0.241 e. The summed E-state index contributed by atoms with van der Waals surface area (Å²) in [5.74, 6) is -0.297. The number of nitrogens with one attached hydrogen (secondary N) is 1. The van der Waals surface area contributed by atoms with E-state index in [0.717, 1.165) is 17.7 Å². The molecule has 0 aliphatic heterocycles. The van der Waals surface area contributed by atoms with Gasteiger partial charge in [0, 0.05) is 31.7 Å². The summed E-state index contributed by atoms with van der Waals surface area (Å²) in [6.07, 6.45) is 4.28. The minimum Gasteiger partial charge on any atom is -0.376 e. The van der Waals surface area contributed by atoms with Crippen molar-refractivity contribution in [1.29, 1.82) is 0 Å². The lowest BCUT2D eigenvalue weighted by atomic mass is 10.2. The normalized spacial score (nSPS) is 10.2. The summed E-state index contributed by atoms with van der Waals surface area (Å²) in [5, 5.41) is 2.98. The molecular formula is C16H18FN3O. The summed E-state index contributed by atoms with van der Waals surface area (Å²) in [7, 11) is 1.77. The van der Waals surface area contributed by atoms with Crippen LogP contribution < -0.4 is 5.32 Å². The number of nitrogens with zero attached hydrogens (tertiary/aromatic N) is 2. The van der Waals surface area contributed by atoms with Gasteiger partial charge in [0.05, 0.1) is 6.54 Å². The van der Waals surface area contributed by atoms with Crippen molar-refractivity contribution < 1.29 is 9.18 Å². The fraction of sp³-hybridized carbons (Fsp3) is 0.250. The maximum absolute atomic E-state index is 12.8. The Morgan fingerprint density at radius 1 is 1.19 bits per heavy atom. The molecule has 2 rings (SSSR count). The number of carbonyl (C=O) groups is 1. The van der Waals surface area contributed by atoms with Gasteiger partial charge in [-0.3, -0.25) is 9.78 Å². The molecule has 0 spiro atoms. The number of rotatable bonds is 6. The first-order chi connectivity index (χ1) is 10.1. The van der Waals surface area contributed by atoms with Crippen molar-refractivity contribution in [1.82, 2.24) is 9.88 Å². The molecule has 110 valence electrons. The highest BCUT2D eigenvalue weighted by molar-refractivity contribution is 5.80. The first kappa shape index (κ1) is 15.0. The molecule has 0 aliphatic rings. The molecule has 0 bridgehead atoms. The summed E-state index contributed by atoms with van der Waals surface area (Å²) in [4.78, 5) is 17.6. The standard InChI is InChI=1S/C16H18FN3O/c1-20(11-8-13-6-9-18-10-7-13)16(21)12-19-15-4-2-14(17)3-5-15/h2-7,9-10,19H,8,11-12H2,1H3. The minimum absolute atomic E-state index is 0.00613. The van der Waals surface area contributed by atoms with Gasteiger partial charge < -0.3 is 10.2 Å². The van der Waals surface area contributed by atoms with Gasteiger partial charge in [0.15, 0.2) is 0 Å². The number of anilines is 1. The van der Waals surface area contributed by atoms with Crippen LogP contribution in [0.4, 0.5) is 10.1 Å². The molecule has 1 heterocycles. The smallest absolute Gasteiger partial charge is 0.241 e. The van der Waals surface area contributed by atoms with Crippen LogP contribution in [0.1, 0.15) is 5.56 Å². The average Bonchev–Trinajstić information content (AvgIpc) is 2.52. The van der Waals surface area contributed by atoms with Crippen LogP contribution >= 0.6 is 0 Å². The van der Waals surface area contributed by atoms with Gasteiger partial charge in [0.1, 0.15) is 5.82 Å². The van der Waals surface area contributed by atoms with E-state index in [4.69, 9.17) is 0 Å². The highest BCUT2D eigenvalue weighted by atomic mass is 19.1. The summed E-state index contributed by atoms with van der Waals surface area (Å²) >= 11 is 0. The van der Waals surface area contributed by atoms with Crippen molar-refractivity contribution in [2.24, 2.45) is 0 Å². The third-order valence-electron chi connectivity index (χ3n) is 3.20. The average molecular weight is 287 g/mol. The first-order valence-corrected chi connectivity index (χ1v) is 6.77. The highest BCUT2D eigenvalue weighted by Gasteiger charge is 2.08. The van der Waals surface area contributed by atoms with E-state index in [-0.39, 0.29) is 18.3 Å². The Hall–Kier alpha value is -2.43. The zero-order chi connectivity index (χ0) is 15.1. The molecule has 0 atom stereocenters. The molecule has 1 aromatic heterocycles. The van der Waals surface area contributed by atoms with Crippen molar-refractivity contribution in [3.63, 3.8) is 0 Å². The summed E-state index contributed by atoms with van der Waals surface area (Å²) in [6, 6.07) is 9.82. The lowest BCUT2D eigenvalue weighted by Gasteiger charge is -2.17. The number of hydrogen-bond donors (Lipinski definition) is 1. The highest BCUT2D eigenvalue weighted by Crippen LogP contribution is 2.07. The van der Waals surface area contributed by atoms with Gasteiger partial charge >= 0.3 is 0 Å². The Bertz CT molecular complexity index is 572. The molecule has 5 heteroatoms. The second-order valence-electron chi connectivity index (χ2n) is 4.78. The van der Waals surface area contributed by atoms with Gasteiger partial charge in [0.25, 0.3) is 0 Å². The zero-order valence-corrected chi connectivity index (χ0v) is 11.9. The third kappa shape index (κ3) is 4.87. The Morgan fingerprint density at radius 2 is 1.86 bits per heavy atom. The topological polar surface area (TPSA) is 45.2 Å². The number of halogens is 1. The van der Waals surface area contributed by atoms with Crippen LogP contribution in [0.5, 0.6) is 0 Å². The van der Waals surface area contributed by atoms with Crippen LogP contribution in [0.2, 0.25) is 0 Å². The van der Waals surface area contributed by atoms with E-state index in [0.29, 0.717) is 6.54 Å². The van der Waals surface area contributed by atoms with Crippen LogP contribution in [0.15, 0.2) is 48.8 Å². The fourth-order valence-electron chi connectivity index (χ4n) is 1.85. The van der Waals surface area contributed by atoms with E-state index in [1.807, 2.05) is 12.1 Å². The Balaban J connectivity index is 1.76. The number of hydrogen-bond acceptors (Lipinski definition) is 3. The molecule has 1 N–H and O–H groups in total. The minimum atomic E-state index is -0.290. The number of likely N-dealkylation sites (N-methyl/N-ethyl adjacent to an activating group) is 1. The molecule has 0 radical (unpaired) electrons. The van der Waals surface area contributed by atoms with Gasteiger partial charge in [-0.1, -0.05) is 0 Å². The number of amides is 1. The SMILES string of the molecule is CN(CCc1ccncc1)C(=O)CNc1ccc(F)cc1. The van der Waals surface area contributed by atoms with Crippen molar-refractivity contribution in [2.75, 3.05) is 25.5 Å². The van der Waals surface area contributed by atoms with Gasteiger partial charge in [-0.2, -0.15) is 0 Å². The quantitative estimate of drug-likeness (QED) is 0.887. The van der Waals surface area contributed by atoms with Gasteiger partial charge in [-0.15, -0.1) is 0 Å². The van der Waals surface area contributed by atoms with Crippen molar-refractivity contribution in [3.8, 4) is 0 Å². The predicted molar refractivity (Wildman–Crippen MR) is 80.5 cm³/mol. The van der Waals surface area contributed by atoms with Crippen LogP contribution in [0, 0.1) is 5.82 Å². The fourth-order valence-corrected chi connectivity index (χ4v) is 1.85. The molecule has 1 amide bonds. The molecule has 4 nitrogen and oxygen atoms in total. The van der Waals surface area contributed by atoms with E-state index < -0.39 is 0 Å². The lowest BCUT2D eigenvalue weighted by molar-refractivity contribution is -0.127. The van der Waals surface area contributed by atoms with E-state index in [1.165, 1.54) is 12.1 Å². The van der Waals surface area contributed by atoms with Crippen molar-refractivity contribution in [3.05, 3.63) is 60.2 Å². The molecule has 0 fully saturated rings. The van der Waals surface area contributed by atoms with E-state index in [1.54, 1.807) is 36.5 Å². The van der Waals surface area contributed by atoms with Crippen LogP contribution in [0.3, 0.4) is 0 Å². The second-order valence-corrected chi connectivity index (χ2v) is 4.78. The molecular weight excluding hydrogens is 269 g/mol.